The summed E-state index contributed by atoms with van der Waals surface area (Å²) in [4.78, 5) is 17.5. The van der Waals surface area contributed by atoms with Gasteiger partial charge < -0.3 is 0 Å². The van der Waals surface area contributed by atoms with Crippen LogP contribution in [-0.4, -0.2) is 22.4 Å². The van der Waals surface area contributed by atoms with Crippen LogP contribution in [0.2, 0.25) is 0 Å². The molecule has 0 aliphatic heterocycles. The highest BCUT2D eigenvalue weighted by Gasteiger charge is 1.98. The fourth-order valence-electron chi connectivity index (χ4n) is 2.57. The van der Waals surface area contributed by atoms with Crippen molar-refractivity contribution < 1.29 is 0 Å². The molecule has 0 aliphatic rings. The van der Waals surface area contributed by atoms with Crippen LogP contribution in [-0.2, 0) is 0 Å². The van der Waals surface area contributed by atoms with E-state index in [2.05, 4.69) is 44.2 Å². The van der Waals surface area contributed by atoms with Crippen LogP contribution in [0.4, 0.5) is 11.4 Å². The maximum absolute atomic E-state index is 4.50. The smallest absolute Gasteiger partial charge is 0.0812 e. The van der Waals surface area contributed by atoms with Crippen LogP contribution in [0, 0.1) is 0 Å². The maximum Gasteiger partial charge on any atom is 0.0812 e. The average Bonchev–Trinajstić information content (AvgIpc) is 2.72. The summed E-state index contributed by atoms with van der Waals surface area (Å²) >= 11 is 0. The minimum Gasteiger partial charge on any atom is -0.255 e. The van der Waals surface area contributed by atoms with Crippen LogP contribution in [0.3, 0.4) is 0 Å². The number of aromatic nitrogens is 2. The normalized spacial score (nSPS) is 11.5. The van der Waals surface area contributed by atoms with E-state index in [0.717, 1.165) is 33.5 Å². The number of nitrogens with zero attached hydrogens (tertiary/aromatic N) is 4. The van der Waals surface area contributed by atoms with Gasteiger partial charge in [-0.1, -0.05) is 24.3 Å². The summed E-state index contributed by atoms with van der Waals surface area (Å²) in [5.74, 6) is 0. The zero-order valence-corrected chi connectivity index (χ0v) is 14.0. The number of fused-ring (bicyclic) bond motifs is 1. The largest absolute Gasteiger partial charge is 0.255 e. The molecule has 26 heavy (non-hydrogen) atoms. The molecule has 4 nitrogen and oxygen atoms in total. The van der Waals surface area contributed by atoms with Gasteiger partial charge in [-0.25, -0.2) is 0 Å². The first-order valence-corrected chi connectivity index (χ1v) is 8.31. The molecule has 0 amide bonds. The summed E-state index contributed by atoms with van der Waals surface area (Å²) in [5, 5.41) is 2.25. The van der Waals surface area contributed by atoms with Crippen molar-refractivity contribution >= 4 is 34.6 Å². The van der Waals surface area contributed by atoms with Crippen LogP contribution < -0.4 is 0 Å². The zero-order chi connectivity index (χ0) is 17.6. The summed E-state index contributed by atoms with van der Waals surface area (Å²) in [5.41, 5.74) is 3.47. The van der Waals surface area contributed by atoms with E-state index >= 15 is 0 Å². The van der Waals surface area contributed by atoms with E-state index in [1.165, 1.54) is 0 Å². The molecule has 0 aliphatic carbocycles. The molecule has 2 aromatic carbocycles. The fourth-order valence-corrected chi connectivity index (χ4v) is 2.57. The molecule has 4 rings (SSSR count). The Kier molecular flexibility index (Phi) is 4.56. The number of hydrogen-bond acceptors (Lipinski definition) is 4. The lowest BCUT2D eigenvalue weighted by atomic mass is 10.1. The quantitative estimate of drug-likeness (QED) is 0.485. The first-order chi connectivity index (χ1) is 12.9. The van der Waals surface area contributed by atoms with Crippen LogP contribution in [0.25, 0.3) is 10.8 Å². The van der Waals surface area contributed by atoms with Crippen molar-refractivity contribution in [3.05, 3.63) is 96.6 Å². The highest BCUT2D eigenvalue weighted by Crippen LogP contribution is 2.25. The Hall–Kier alpha value is -3.66. The van der Waals surface area contributed by atoms with Crippen molar-refractivity contribution in [2.45, 2.75) is 0 Å². The molecule has 2 heterocycles. The van der Waals surface area contributed by atoms with Crippen molar-refractivity contribution in [3.63, 3.8) is 0 Å². The van der Waals surface area contributed by atoms with E-state index in [9.17, 15) is 0 Å². The van der Waals surface area contributed by atoms with Gasteiger partial charge in [0.2, 0.25) is 0 Å². The first-order valence-electron chi connectivity index (χ1n) is 8.31. The molecule has 0 bridgehead atoms. The molecular formula is C22H16N4. The molecule has 0 unspecified atom stereocenters. The van der Waals surface area contributed by atoms with Crippen LogP contribution >= 0.6 is 0 Å². The Labute approximate surface area is 151 Å². The van der Waals surface area contributed by atoms with Crippen LogP contribution in [0.15, 0.2) is 95.2 Å². The van der Waals surface area contributed by atoms with Crippen molar-refractivity contribution in [1.29, 1.82) is 0 Å². The standard InChI is InChI=1S/C22H16N4/c1-3-11-23-21(5-1)15-25-19-9-7-18-14-20(10-8-17(18)13-19)26-16-22-6-2-4-12-24-22/h1-16H. The lowest BCUT2D eigenvalue weighted by Gasteiger charge is -2.01. The summed E-state index contributed by atoms with van der Waals surface area (Å²) < 4.78 is 0. The van der Waals surface area contributed by atoms with E-state index in [-0.39, 0.29) is 0 Å². The second kappa shape index (κ2) is 7.49. The minimum atomic E-state index is 0.840. The number of benzene rings is 2. The van der Waals surface area contributed by atoms with Gasteiger partial charge in [-0.2, -0.15) is 0 Å². The molecule has 124 valence electrons. The number of hydrogen-bond donors (Lipinski definition) is 0. The topological polar surface area (TPSA) is 50.5 Å². The van der Waals surface area contributed by atoms with Crippen molar-refractivity contribution in [2.75, 3.05) is 0 Å². The molecular weight excluding hydrogens is 320 g/mol. The lowest BCUT2D eigenvalue weighted by molar-refractivity contribution is 1.30. The van der Waals surface area contributed by atoms with Gasteiger partial charge in [0.25, 0.3) is 0 Å². The van der Waals surface area contributed by atoms with Crippen molar-refractivity contribution in [2.24, 2.45) is 9.98 Å². The highest BCUT2D eigenvalue weighted by atomic mass is 14.8. The third-order valence-corrected chi connectivity index (χ3v) is 3.87. The number of rotatable bonds is 4. The fraction of sp³-hybridized carbons (Fsp3) is 0. The Morgan fingerprint density at radius 2 is 1.08 bits per heavy atom. The van der Waals surface area contributed by atoms with Gasteiger partial charge in [0.05, 0.1) is 35.2 Å². The third-order valence-electron chi connectivity index (χ3n) is 3.87. The zero-order valence-electron chi connectivity index (χ0n) is 14.0. The average molecular weight is 336 g/mol. The molecule has 0 radical (unpaired) electrons. The Balaban J connectivity index is 1.56. The number of aliphatic imine (C=N–C) groups is 2. The van der Waals surface area contributed by atoms with E-state index in [0.29, 0.717) is 0 Å². The van der Waals surface area contributed by atoms with Gasteiger partial charge in [0.15, 0.2) is 0 Å². The molecule has 2 aromatic heterocycles. The van der Waals surface area contributed by atoms with Gasteiger partial charge in [-0.3, -0.25) is 20.0 Å². The van der Waals surface area contributed by atoms with Crippen molar-refractivity contribution in [3.8, 4) is 0 Å². The Bertz CT molecular complexity index is 982. The SMILES string of the molecule is C(=Nc1ccc2cc(N=Cc3ccccn3)ccc2c1)c1ccccn1. The molecule has 0 saturated heterocycles. The van der Waals surface area contributed by atoms with E-state index in [1.54, 1.807) is 24.8 Å². The van der Waals surface area contributed by atoms with Gasteiger partial charge in [0, 0.05) is 12.4 Å². The molecule has 0 spiro atoms. The van der Waals surface area contributed by atoms with Crippen molar-refractivity contribution in [1.82, 2.24) is 9.97 Å². The highest BCUT2D eigenvalue weighted by molar-refractivity contribution is 5.90. The maximum atomic E-state index is 4.50. The Morgan fingerprint density at radius 1 is 0.577 bits per heavy atom. The number of pyridine rings is 2. The van der Waals surface area contributed by atoms with E-state index in [1.807, 2.05) is 48.5 Å². The third kappa shape index (κ3) is 3.87. The molecule has 0 fully saturated rings. The van der Waals surface area contributed by atoms with Gasteiger partial charge >= 0.3 is 0 Å². The molecule has 4 heteroatoms. The van der Waals surface area contributed by atoms with E-state index in [4.69, 9.17) is 0 Å². The molecule has 0 N–H and O–H groups in total. The summed E-state index contributed by atoms with van der Waals surface area (Å²) in [7, 11) is 0. The van der Waals surface area contributed by atoms with Gasteiger partial charge in [-0.05, 0) is 59.3 Å². The minimum absolute atomic E-state index is 0.840. The predicted molar refractivity (Wildman–Crippen MR) is 107 cm³/mol. The summed E-state index contributed by atoms with van der Waals surface area (Å²) in [6, 6.07) is 23.7. The predicted octanol–water partition coefficient (Wildman–Crippen LogP) is 5.13. The first kappa shape index (κ1) is 15.8. The molecule has 0 saturated carbocycles. The monoisotopic (exact) mass is 336 g/mol. The second-order valence-corrected chi connectivity index (χ2v) is 5.74. The molecule has 0 atom stereocenters. The summed E-state index contributed by atoms with van der Waals surface area (Å²) in [6.45, 7) is 0. The van der Waals surface area contributed by atoms with Crippen LogP contribution in [0.1, 0.15) is 11.4 Å². The van der Waals surface area contributed by atoms with Gasteiger partial charge in [-0.15, -0.1) is 0 Å². The lowest BCUT2D eigenvalue weighted by Crippen LogP contribution is -1.84. The van der Waals surface area contributed by atoms with Crippen LogP contribution in [0.5, 0.6) is 0 Å². The van der Waals surface area contributed by atoms with Gasteiger partial charge in [0.1, 0.15) is 0 Å². The molecule has 4 aromatic rings. The van der Waals surface area contributed by atoms with E-state index < -0.39 is 0 Å². The Morgan fingerprint density at radius 3 is 1.50 bits per heavy atom. The second-order valence-electron chi connectivity index (χ2n) is 5.74. The summed E-state index contributed by atoms with van der Waals surface area (Å²) in [6.07, 6.45) is 7.06.